The normalized spacial score (nSPS) is 26.1. The van der Waals surface area contributed by atoms with Gasteiger partial charge >= 0.3 is 0 Å². The minimum absolute atomic E-state index is 0.540. The second-order valence-electron chi connectivity index (χ2n) is 4.96. The van der Waals surface area contributed by atoms with Gasteiger partial charge in [-0.15, -0.1) is 11.8 Å². The lowest BCUT2D eigenvalue weighted by Gasteiger charge is -2.37. The van der Waals surface area contributed by atoms with Gasteiger partial charge in [-0.2, -0.15) is 0 Å². The lowest BCUT2D eigenvalue weighted by atomic mass is 10.1. The Morgan fingerprint density at radius 3 is 3.17 bits per heavy atom. The van der Waals surface area contributed by atoms with E-state index in [0.29, 0.717) is 12.1 Å². The van der Waals surface area contributed by atoms with Crippen molar-refractivity contribution in [2.24, 2.45) is 0 Å². The predicted molar refractivity (Wildman–Crippen MR) is 80.6 cm³/mol. The van der Waals surface area contributed by atoms with Gasteiger partial charge in [0.1, 0.15) is 10.8 Å². The van der Waals surface area contributed by atoms with Crippen LogP contribution in [0.2, 0.25) is 0 Å². The third-order valence-corrected chi connectivity index (χ3v) is 5.41. The summed E-state index contributed by atoms with van der Waals surface area (Å²) in [6.45, 7) is 6.59. The Morgan fingerprint density at radius 2 is 2.39 bits per heavy atom. The lowest BCUT2D eigenvalue weighted by molar-refractivity contribution is 0.427. The molecule has 2 aliphatic heterocycles. The summed E-state index contributed by atoms with van der Waals surface area (Å²) in [5, 5.41) is 4.64. The second kappa shape index (κ2) is 5.02. The number of anilines is 1. The Bertz CT molecular complexity index is 466. The molecule has 0 bridgehead atoms. The van der Waals surface area contributed by atoms with Crippen LogP contribution in [-0.4, -0.2) is 35.9 Å². The first kappa shape index (κ1) is 12.8. The van der Waals surface area contributed by atoms with Gasteiger partial charge in [0.2, 0.25) is 0 Å². The molecule has 2 atom stereocenters. The van der Waals surface area contributed by atoms with Gasteiger partial charge in [-0.1, -0.05) is 6.92 Å². The van der Waals surface area contributed by atoms with Crippen molar-refractivity contribution in [2.75, 3.05) is 23.7 Å². The zero-order valence-corrected chi connectivity index (χ0v) is 13.1. The van der Waals surface area contributed by atoms with Crippen molar-refractivity contribution in [3.05, 3.63) is 16.1 Å². The van der Waals surface area contributed by atoms with E-state index in [9.17, 15) is 0 Å². The molecule has 0 saturated carbocycles. The highest BCUT2D eigenvalue weighted by Gasteiger charge is 2.36. The predicted octanol–water partition coefficient (Wildman–Crippen LogP) is 2.68. The van der Waals surface area contributed by atoms with E-state index in [4.69, 9.17) is 4.98 Å². The topological polar surface area (TPSA) is 28.2 Å². The van der Waals surface area contributed by atoms with Crippen LogP contribution in [0, 0.1) is 0 Å². The molecule has 3 heterocycles. The molecule has 0 radical (unpaired) electrons. The third kappa shape index (κ3) is 2.06. The van der Waals surface area contributed by atoms with E-state index < -0.39 is 0 Å². The van der Waals surface area contributed by atoms with Crippen LogP contribution in [0.3, 0.4) is 0 Å². The van der Waals surface area contributed by atoms with E-state index in [1.54, 1.807) is 0 Å². The number of aromatic nitrogens is 1. The maximum Gasteiger partial charge on any atom is 0.133 e. The largest absolute Gasteiger partial charge is 0.348 e. The third-order valence-electron chi connectivity index (χ3n) is 3.67. The van der Waals surface area contributed by atoms with E-state index in [1.165, 1.54) is 11.4 Å². The van der Waals surface area contributed by atoms with Gasteiger partial charge in [0, 0.05) is 25.2 Å². The summed E-state index contributed by atoms with van der Waals surface area (Å²) in [5.74, 6) is 2.28. The Hall–Kier alpha value is -0.260. The first-order valence-electron chi connectivity index (χ1n) is 6.52. The van der Waals surface area contributed by atoms with Crippen LogP contribution in [0.1, 0.15) is 19.4 Å². The molecule has 0 unspecified atom stereocenters. The van der Waals surface area contributed by atoms with Gasteiger partial charge in [-0.3, -0.25) is 0 Å². The van der Waals surface area contributed by atoms with Crippen LogP contribution < -0.4 is 10.2 Å². The van der Waals surface area contributed by atoms with Gasteiger partial charge in [-0.05, 0) is 46.7 Å². The van der Waals surface area contributed by atoms with Crippen LogP contribution in [-0.2, 0) is 6.42 Å². The number of rotatable bonds is 2. The molecule has 0 spiro atoms. The molecule has 18 heavy (non-hydrogen) atoms. The molecule has 1 saturated heterocycles. The van der Waals surface area contributed by atoms with E-state index in [2.05, 4.69) is 46.1 Å². The molecular weight excluding hydrogens is 310 g/mol. The molecule has 98 valence electrons. The molecule has 1 fully saturated rings. The number of nitrogens with one attached hydrogen (secondary N) is 1. The number of hydrogen-bond acceptors (Lipinski definition) is 4. The lowest BCUT2D eigenvalue weighted by Crippen LogP contribution is -2.55. The summed E-state index contributed by atoms with van der Waals surface area (Å²) in [6.07, 6.45) is 1.12. The van der Waals surface area contributed by atoms with Gasteiger partial charge in [0.25, 0.3) is 0 Å². The van der Waals surface area contributed by atoms with Crippen LogP contribution >= 0.6 is 27.7 Å². The summed E-state index contributed by atoms with van der Waals surface area (Å²) < 4.78 is 1.15. The van der Waals surface area contributed by atoms with E-state index in [0.717, 1.165) is 34.8 Å². The van der Waals surface area contributed by atoms with Crippen LogP contribution in [0.15, 0.2) is 15.6 Å². The highest BCUT2D eigenvalue weighted by Crippen LogP contribution is 2.38. The first-order valence-corrected chi connectivity index (χ1v) is 8.29. The minimum atomic E-state index is 0.540. The molecule has 0 aliphatic carbocycles. The van der Waals surface area contributed by atoms with Gasteiger partial charge in [-0.25, -0.2) is 4.98 Å². The molecule has 5 heteroatoms. The zero-order chi connectivity index (χ0) is 12.7. The van der Waals surface area contributed by atoms with E-state index in [-0.39, 0.29) is 0 Å². The fourth-order valence-corrected chi connectivity index (χ4v) is 4.26. The van der Waals surface area contributed by atoms with E-state index >= 15 is 0 Å². The quantitative estimate of drug-likeness (QED) is 0.845. The zero-order valence-electron chi connectivity index (χ0n) is 10.7. The summed E-state index contributed by atoms with van der Waals surface area (Å²) in [4.78, 5) is 7.40. The van der Waals surface area contributed by atoms with Gasteiger partial charge in [0.05, 0.1) is 4.47 Å². The Labute approximate surface area is 121 Å². The van der Waals surface area contributed by atoms with Crippen molar-refractivity contribution < 1.29 is 0 Å². The minimum Gasteiger partial charge on any atom is -0.348 e. The number of nitrogens with zero attached hydrogens (tertiary/aromatic N) is 2. The van der Waals surface area contributed by atoms with E-state index in [1.807, 2.05) is 11.8 Å². The van der Waals surface area contributed by atoms with Crippen molar-refractivity contribution in [3.8, 4) is 0 Å². The van der Waals surface area contributed by atoms with Crippen molar-refractivity contribution in [1.29, 1.82) is 0 Å². The molecule has 0 amide bonds. The van der Waals surface area contributed by atoms with Gasteiger partial charge < -0.3 is 10.2 Å². The number of pyridine rings is 1. The highest BCUT2D eigenvalue weighted by atomic mass is 79.9. The maximum atomic E-state index is 4.89. The second-order valence-corrected chi connectivity index (χ2v) is 7.07. The number of thioether (sulfide) groups is 1. The molecule has 1 aromatic rings. The average molecular weight is 328 g/mol. The molecular formula is C13H18BrN3S. The molecule has 3 nitrogen and oxygen atoms in total. The number of fused-ring (bicyclic) bond motifs is 3. The molecule has 1 N–H and O–H groups in total. The summed E-state index contributed by atoms with van der Waals surface area (Å²) in [6, 6.07) is 3.40. The SMILES string of the molecule is CCSc1nc2c(cc1Br)C[C@@H]1CNC[C@@H](C)N21. The number of hydrogen-bond donors (Lipinski definition) is 1. The van der Waals surface area contributed by atoms with Crippen molar-refractivity contribution >= 4 is 33.5 Å². The van der Waals surface area contributed by atoms with Crippen LogP contribution in [0.4, 0.5) is 5.82 Å². The van der Waals surface area contributed by atoms with Gasteiger partial charge in [0.15, 0.2) is 0 Å². The monoisotopic (exact) mass is 327 g/mol. The summed E-state index contributed by atoms with van der Waals surface area (Å²) >= 11 is 5.46. The Balaban J connectivity index is 2.00. The Morgan fingerprint density at radius 1 is 1.56 bits per heavy atom. The molecule has 2 aliphatic rings. The molecule has 3 rings (SSSR count). The smallest absolute Gasteiger partial charge is 0.133 e. The molecule has 0 aromatic carbocycles. The van der Waals surface area contributed by atoms with Crippen molar-refractivity contribution in [3.63, 3.8) is 0 Å². The molecule has 1 aromatic heterocycles. The highest BCUT2D eigenvalue weighted by molar-refractivity contribution is 9.10. The average Bonchev–Trinajstić information content (AvgIpc) is 2.68. The standard InChI is InChI=1S/C13H18BrN3S/c1-3-18-13-11(14)5-9-4-10-7-15-6-8(2)17(10)12(9)16-13/h5,8,10,15H,3-4,6-7H2,1-2H3/t8-,10-/m1/s1. The number of piperazine rings is 1. The maximum absolute atomic E-state index is 4.89. The Kier molecular flexibility index (Phi) is 3.56. The fraction of sp³-hybridized carbons (Fsp3) is 0.615. The number of halogens is 1. The summed E-state index contributed by atoms with van der Waals surface area (Å²) in [5.41, 5.74) is 1.39. The van der Waals surface area contributed by atoms with Crippen molar-refractivity contribution in [2.45, 2.75) is 37.4 Å². The fourth-order valence-electron chi connectivity index (χ4n) is 2.93. The van der Waals surface area contributed by atoms with Crippen LogP contribution in [0.25, 0.3) is 0 Å². The van der Waals surface area contributed by atoms with Crippen LogP contribution in [0.5, 0.6) is 0 Å². The van der Waals surface area contributed by atoms with Crippen molar-refractivity contribution in [1.82, 2.24) is 10.3 Å². The first-order chi connectivity index (χ1) is 8.70. The summed E-state index contributed by atoms with van der Waals surface area (Å²) in [7, 11) is 0.